The van der Waals surface area contributed by atoms with E-state index >= 15 is 0 Å². The maximum absolute atomic E-state index is 8.99. The van der Waals surface area contributed by atoms with Gasteiger partial charge in [-0.2, -0.15) is 11.8 Å². The zero-order valence-electron chi connectivity index (χ0n) is 11.3. The molecule has 0 aliphatic heterocycles. The van der Waals surface area contributed by atoms with Crippen molar-refractivity contribution in [3.63, 3.8) is 0 Å². The highest BCUT2D eigenvalue weighted by Gasteiger charge is 2.05. The molecule has 19 heavy (non-hydrogen) atoms. The molecule has 0 atom stereocenters. The van der Waals surface area contributed by atoms with Gasteiger partial charge >= 0.3 is 0 Å². The summed E-state index contributed by atoms with van der Waals surface area (Å²) in [6.07, 6.45) is 0. The van der Waals surface area contributed by atoms with Gasteiger partial charge in [0, 0.05) is 22.8 Å². The Morgan fingerprint density at radius 1 is 1.16 bits per heavy atom. The van der Waals surface area contributed by atoms with Crippen molar-refractivity contribution < 1.29 is 5.11 Å². The predicted molar refractivity (Wildman–Crippen MR) is 83.6 cm³/mol. The molecule has 0 fully saturated rings. The summed E-state index contributed by atoms with van der Waals surface area (Å²) in [7, 11) is 0. The first-order chi connectivity index (χ1) is 9.19. The van der Waals surface area contributed by atoms with Crippen LogP contribution in [0.3, 0.4) is 0 Å². The Morgan fingerprint density at radius 3 is 2.42 bits per heavy atom. The van der Waals surface area contributed by atoms with Crippen LogP contribution in [0, 0.1) is 0 Å². The number of aromatic nitrogens is 1. The van der Waals surface area contributed by atoms with Crippen LogP contribution in [0.4, 0.5) is 0 Å². The smallest absolute Gasteiger partial charge is 0.0954 e. The summed E-state index contributed by atoms with van der Waals surface area (Å²) >= 11 is 3.64. The van der Waals surface area contributed by atoms with Gasteiger partial charge in [0.1, 0.15) is 0 Å². The summed E-state index contributed by atoms with van der Waals surface area (Å²) < 4.78 is 0. The molecule has 4 heteroatoms. The highest BCUT2D eigenvalue weighted by atomic mass is 32.2. The highest BCUT2D eigenvalue weighted by molar-refractivity contribution is 7.97. The van der Waals surface area contributed by atoms with Gasteiger partial charge < -0.3 is 5.11 Å². The summed E-state index contributed by atoms with van der Waals surface area (Å²) in [5.74, 6) is 2.47. The van der Waals surface area contributed by atoms with Crippen LogP contribution in [-0.2, 0) is 18.1 Å². The Balaban J connectivity index is 1.81. The number of aliphatic hydroxyl groups excluding tert-OH is 1. The molecule has 0 bridgehead atoms. The number of aliphatic hydroxyl groups is 1. The molecule has 0 unspecified atom stereocenters. The van der Waals surface area contributed by atoms with E-state index in [0.717, 1.165) is 17.1 Å². The first-order valence-electron chi connectivity index (χ1n) is 6.39. The fourth-order valence-electron chi connectivity index (χ4n) is 1.67. The summed E-state index contributed by atoms with van der Waals surface area (Å²) in [5, 5.41) is 12.4. The van der Waals surface area contributed by atoms with Gasteiger partial charge in [0.15, 0.2) is 0 Å². The number of rotatable bonds is 6. The Bertz CT molecular complexity index is 505. The van der Waals surface area contributed by atoms with Crippen molar-refractivity contribution in [2.24, 2.45) is 0 Å². The largest absolute Gasteiger partial charge is 0.392 e. The molecule has 1 N–H and O–H groups in total. The summed E-state index contributed by atoms with van der Waals surface area (Å²) in [6, 6.07) is 8.13. The van der Waals surface area contributed by atoms with Crippen LogP contribution in [0.25, 0.3) is 0 Å². The molecular formula is C15H19NOS2. The molecule has 0 amide bonds. The second-order valence-corrected chi connectivity index (χ2v) is 6.67. The lowest BCUT2D eigenvalue weighted by atomic mass is 10.2. The lowest BCUT2D eigenvalue weighted by Gasteiger charge is -2.02. The normalized spacial score (nSPS) is 11.2. The number of thiazole rings is 1. The summed E-state index contributed by atoms with van der Waals surface area (Å²) in [5.41, 5.74) is 3.45. The van der Waals surface area contributed by atoms with Crippen LogP contribution in [0.2, 0.25) is 0 Å². The Kier molecular flexibility index (Phi) is 5.43. The van der Waals surface area contributed by atoms with Crippen molar-refractivity contribution in [2.45, 2.75) is 37.9 Å². The van der Waals surface area contributed by atoms with Crippen LogP contribution in [0.15, 0.2) is 29.6 Å². The molecule has 1 aromatic carbocycles. The van der Waals surface area contributed by atoms with E-state index in [1.54, 1.807) is 11.3 Å². The Morgan fingerprint density at radius 2 is 1.84 bits per heavy atom. The van der Waals surface area contributed by atoms with Gasteiger partial charge in [-0.15, -0.1) is 11.3 Å². The van der Waals surface area contributed by atoms with Crippen molar-refractivity contribution in [1.82, 2.24) is 4.98 Å². The van der Waals surface area contributed by atoms with Crippen molar-refractivity contribution >= 4 is 23.1 Å². The monoisotopic (exact) mass is 293 g/mol. The van der Waals surface area contributed by atoms with Crippen LogP contribution in [0.1, 0.15) is 41.6 Å². The molecule has 1 heterocycles. The molecule has 0 radical (unpaired) electrons. The van der Waals surface area contributed by atoms with Crippen LogP contribution in [-0.4, -0.2) is 10.1 Å². The number of hydrogen-bond donors (Lipinski definition) is 1. The van der Waals surface area contributed by atoms with Crippen LogP contribution >= 0.6 is 23.1 Å². The number of hydrogen-bond acceptors (Lipinski definition) is 4. The Hall–Kier alpha value is -0.840. The van der Waals surface area contributed by atoms with E-state index < -0.39 is 0 Å². The standard InChI is InChI=1S/C15H19NOS2/c1-11(2)15-16-14(10-19-15)9-18-8-13-5-3-12(7-17)4-6-13/h3-6,10-11,17H,7-9H2,1-2H3. The Labute approximate surface area is 122 Å². The fraction of sp³-hybridized carbons (Fsp3) is 0.400. The number of benzene rings is 1. The van der Waals surface area contributed by atoms with E-state index in [1.165, 1.54) is 16.3 Å². The SMILES string of the molecule is CC(C)c1nc(CSCc2ccc(CO)cc2)cs1. The predicted octanol–water partition coefficient (Wildman–Crippen LogP) is 4.19. The van der Waals surface area contributed by atoms with Gasteiger partial charge in [0.2, 0.25) is 0 Å². The van der Waals surface area contributed by atoms with Gasteiger partial charge in [-0.3, -0.25) is 0 Å². The lowest BCUT2D eigenvalue weighted by molar-refractivity contribution is 0.282. The van der Waals surface area contributed by atoms with E-state index in [2.05, 4.69) is 36.3 Å². The maximum Gasteiger partial charge on any atom is 0.0954 e. The third-order valence-electron chi connectivity index (χ3n) is 2.79. The first-order valence-corrected chi connectivity index (χ1v) is 8.43. The van der Waals surface area contributed by atoms with Crippen LogP contribution < -0.4 is 0 Å². The molecule has 0 aliphatic rings. The quantitative estimate of drug-likeness (QED) is 0.867. The van der Waals surface area contributed by atoms with Gasteiger partial charge in [0.25, 0.3) is 0 Å². The van der Waals surface area contributed by atoms with Crippen molar-refractivity contribution in [1.29, 1.82) is 0 Å². The van der Waals surface area contributed by atoms with Crippen molar-refractivity contribution in [3.05, 3.63) is 51.5 Å². The minimum Gasteiger partial charge on any atom is -0.392 e. The molecule has 2 nitrogen and oxygen atoms in total. The summed E-state index contributed by atoms with van der Waals surface area (Å²) in [4.78, 5) is 4.63. The van der Waals surface area contributed by atoms with E-state index in [4.69, 9.17) is 5.11 Å². The summed E-state index contributed by atoms with van der Waals surface area (Å²) in [6.45, 7) is 4.47. The van der Waals surface area contributed by atoms with E-state index in [9.17, 15) is 0 Å². The minimum atomic E-state index is 0.115. The van der Waals surface area contributed by atoms with Gasteiger partial charge in [-0.25, -0.2) is 4.98 Å². The van der Waals surface area contributed by atoms with E-state index in [-0.39, 0.29) is 6.61 Å². The average molecular weight is 293 g/mol. The molecule has 2 rings (SSSR count). The lowest BCUT2D eigenvalue weighted by Crippen LogP contribution is -1.88. The highest BCUT2D eigenvalue weighted by Crippen LogP contribution is 2.23. The number of thioether (sulfide) groups is 1. The second kappa shape index (κ2) is 7.08. The van der Waals surface area contributed by atoms with Gasteiger partial charge in [-0.05, 0) is 11.1 Å². The zero-order valence-corrected chi connectivity index (χ0v) is 12.9. The number of nitrogens with zero attached hydrogens (tertiary/aromatic N) is 1. The third kappa shape index (κ3) is 4.34. The minimum absolute atomic E-state index is 0.115. The van der Waals surface area contributed by atoms with E-state index in [1.807, 2.05) is 23.9 Å². The fourth-order valence-corrected chi connectivity index (χ4v) is 3.50. The maximum atomic E-state index is 8.99. The van der Waals surface area contributed by atoms with Crippen LogP contribution in [0.5, 0.6) is 0 Å². The molecule has 0 spiro atoms. The molecule has 0 saturated heterocycles. The zero-order chi connectivity index (χ0) is 13.7. The third-order valence-corrected chi connectivity index (χ3v) is 5.02. The van der Waals surface area contributed by atoms with Crippen molar-refractivity contribution in [3.8, 4) is 0 Å². The molecule has 0 aliphatic carbocycles. The molecule has 102 valence electrons. The van der Waals surface area contributed by atoms with Gasteiger partial charge in [-0.1, -0.05) is 38.1 Å². The topological polar surface area (TPSA) is 33.1 Å². The molecule has 1 aromatic heterocycles. The molecule has 2 aromatic rings. The molecular weight excluding hydrogens is 274 g/mol. The second-order valence-electron chi connectivity index (χ2n) is 4.80. The first kappa shape index (κ1) is 14.6. The van der Waals surface area contributed by atoms with E-state index in [0.29, 0.717) is 5.92 Å². The average Bonchev–Trinajstić information content (AvgIpc) is 2.89. The van der Waals surface area contributed by atoms with Gasteiger partial charge in [0.05, 0.1) is 17.3 Å². The molecule has 0 saturated carbocycles. The van der Waals surface area contributed by atoms with Crippen molar-refractivity contribution in [2.75, 3.05) is 0 Å².